The van der Waals surface area contributed by atoms with Crippen molar-refractivity contribution in [1.82, 2.24) is 10.6 Å². The fourth-order valence-corrected chi connectivity index (χ4v) is 5.77. The Morgan fingerprint density at radius 1 is 0.682 bits per heavy atom. The number of hydrogen-bond acceptors (Lipinski definition) is 2. The van der Waals surface area contributed by atoms with Crippen molar-refractivity contribution in [2.75, 3.05) is 13.1 Å². The van der Waals surface area contributed by atoms with Crippen LogP contribution in [0.25, 0.3) is 0 Å². The van der Waals surface area contributed by atoms with Crippen molar-refractivity contribution in [3.63, 3.8) is 0 Å². The largest absolute Gasteiger partial charge is 0.354 e. The Hall–Kier alpha value is -1.06. The monoisotopic (exact) mass is 304 g/mol. The Balaban J connectivity index is 1.15. The number of nitrogens with one attached hydrogen (secondary N) is 2. The van der Waals surface area contributed by atoms with Gasteiger partial charge in [0.1, 0.15) is 0 Å². The molecule has 4 nitrogen and oxygen atoms in total. The van der Waals surface area contributed by atoms with E-state index in [1.165, 1.54) is 38.5 Å². The predicted octanol–water partition coefficient (Wildman–Crippen LogP) is 2.09. The van der Waals surface area contributed by atoms with Gasteiger partial charge in [0.05, 0.1) is 0 Å². The van der Waals surface area contributed by atoms with Gasteiger partial charge in [-0.05, 0) is 62.2 Å². The molecule has 4 bridgehead atoms. The second-order valence-electron chi connectivity index (χ2n) is 8.14. The maximum Gasteiger partial charge on any atom is 0.223 e. The molecule has 4 heteroatoms. The average molecular weight is 304 g/mol. The molecule has 4 rings (SSSR count). The smallest absolute Gasteiger partial charge is 0.223 e. The van der Waals surface area contributed by atoms with Crippen LogP contribution in [0.1, 0.15) is 51.4 Å². The Morgan fingerprint density at radius 2 is 1.14 bits per heavy atom. The van der Waals surface area contributed by atoms with Crippen molar-refractivity contribution in [3.05, 3.63) is 0 Å². The highest BCUT2D eigenvalue weighted by molar-refractivity contribution is 5.80. The molecule has 4 aliphatic rings. The molecule has 22 heavy (non-hydrogen) atoms. The number of carbonyl (C=O) groups excluding carboxylic acids is 2. The van der Waals surface area contributed by atoms with E-state index in [1.807, 2.05) is 0 Å². The van der Waals surface area contributed by atoms with Gasteiger partial charge in [-0.25, -0.2) is 0 Å². The number of hydrogen-bond donors (Lipinski definition) is 2. The first-order chi connectivity index (χ1) is 10.7. The lowest BCUT2D eigenvalue weighted by Crippen LogP contribution is -2.41. The van der Waals surface area contributed by atoms with Crippen LogP contribution in [0.4, 0.5) is 0 Å². The fourth-order valence-electron chi connectivity index (χ4n) is 5.77. The summed E-state index contributed by atoms with van der Waals surface area (Å²) in [5, 5.41) is 6.07. The molecule has 2 amide bonds. The van der Waals surface area contributed by atoms with Crippen LogP contribution >= 0.6 is 0 Å². The van der Waals surface area contributed by atoms with Crippen molar-refractivity contribution in [2.45, 2.75) is 51.4 Å². The van der Waals surface area contributed by atoms with Crippen molar-refractivity contribution in [2.24, 2.45) is 35.5 Å². The lowest BCUT2D eigenvalue weighted by Gasteiger charge is -2.22. The second-order valence-corrected chi connectivity index (χ2v) is 8.14. The zero-order valence-electron chi connectivity index (χ0n) is 13.4. The Kier molecular flexibility index (Phi) is 3.87. The van der Waals surface area contributed by atoms with Gasteiger partial charge in [-0.15, -0.1) is 0 Å². The SMILES string of the molecule is O=C(NCCNC(=O)[C@@H]1C[C@H]2CC[C@H]1C2)[C@@H]1C[C@H]2CC[C@H]1C2. The second kappa shape index (κ2) is 5.86. The first kappa shape index (κ1) is 14.5. The van der Waals surface area contributed by atoms with Crippen LogP contribution in [-0.2, 0) is 9.59 Å². The van der Waals surface area contributed by atoms with Gasteiger partial charge in [0.2, 0.25) is 11.8 Å². The third kappa shape index (κ3) is 2.65. The molecule has 0 aromatic rings. The third-order valence-corrected chi connectivity index (χ3v) is 6.87. The quantitative estimate of drug-likeness (QED) is 0.764. The van der Waals surface area contributed by atoms with Crippen LogP contribution in [0.3, 0.4) is 0 Å². The Labute approximate surface area is 132 Å². The summed E-state index contributed by atoms with van der Waals surface area (Å²) < 4.78 is 0. The highest BCUT2D eigenvalue weighted by atomic mass is 16.2. The zero-order valence-corrected chi connectivity index (χ0v) is 13.4. The van der Waals surface area contributed by atoms with E-state index in [0.29, 0.717) is 24.9 Å². The number of rotatable bonds is 5. The molecule has 0 aliphatic heterocycles. The summed E-state index contributed by atoms with van der Waals surface area (Å²) in [6.45, 7) is 1.17. The van der Waals surface area contributed by atoms with Crippen LogP contribution in [0.2, 0.25) is 0 Å². The van der Waals surface area contributed by atoms with Crippen molar-refractivity contribution in [1.29, 1.82) is 0 Å². The van der Waals surface area contributed by atoms with Gasteiger partial charge in [-0.2, -0.15) is 0 Å². The normalized spacial score (nSPS) is 41.8. The summed E-state index contributed by atoms with van der Waals surface area (Å²) in [4.78, 5) is 24.4. The molecule has 0 spiro atoms. The molecule has 0 heterocycles. The maximum atomic E-state index is 12.2. The molecule has 122 valence electrons. The van der Waals surface area contributed by atoms with Crippen molar-refractivity contribution >= 4 is 11.8 Å². The van der Waals surface area contributed by atoms with E-state index >= 15 is 0 Å². The van der Waals surface area contributed by atoms with Crippen LogP contribution in [0, 0.1) is 35.5 Å². The standard InChI is InChI=1S/C18H28N2O2/c21-17(15-9-11-1-3-13(15)7-11)19-5-6-20-18(22)16-10-12-2-4-14(16)8-12/h11-16H,1-10H2,(H,19,21)(H,20,22)/t11-,12-,13-,14-,15+,16+/m0/s1. The Bertz CT molecular complexity index is 422. The molecule has 0 aromatic carbocycles. The van der Waals surface area contributed by atoms with E-state index in [-0.39, 0.29) is 23.7 Å². The van der Waals surface area contributed by atoms with Crippen LogP contribution in [0.5, 0.6) is 0 Å². The molecule has 6 atom stereocenters. The van der Waals surface area contributed by atoms with Gasteiger partial charge in [0.25, 0.3) is 0 Å². The van der Waals surface area contributed by atoms with E-state index in [0.717, 1.165) is 24.7 Å². The molecular weight excluding hydrogens is 276 g/mol. The lowest BCUT2D eigenvalue weighted by atomic mass is 9.88. The summed E-state index contributed by atoms with van der Waals surface area (Å²) in [6, 6.07) is 0. The molecule has 4 saturated carbocycles. The molecule has 0 aromatic heterocycles. The van der Waals surface area contributed by atoms with Gasteiger partial charge in [0.15, 0.2) is 0 Å². The first-order valence-corrected chi connectivity index (χ1v) is 9.26. The summed E-state index contributed by atoms with van der Waals surface area (Å²) in [5.74, 6) is 3.82. The summed E-state index contributed by atoms with van der Waals surface area (Å²) >= 11 is 0. The third-order valence-electron chi connectivity index (χ3n) is 6.87. The van der Waals surface area contributed by atoms with E-state index in [2.05, 4.69) is 10.6 Å². The fraction of sp³-hybridized carbons (Fsp3) is 0.889. The topological polar surface area (TPSA) is 58.2 Å². The van der Waals surface area contributed by atoms with Gasteiger partial charge >= 0.3 is 0 Å². The van der Waals surface area contributed by atoms with Crippen LogP contribution in [-0.4, -0.2) is 24.9 Å². The first-order valence-electron chi connectivity index (χ1n) is 9.26. The minimum Gasteiger partial charge on any atom is -0.354 e. The summed E-state index contributed by atoms with van der Waals surface area (Å²) in [5.41, 5.74) is 0. The van der Waals surface area contributed by atoms with Crippen LogP contribution < -0.4 is 10.6 Å². The van der Waals surface area contributed by atoms with E-state index in [1.54, 1.807) is 0 Å². The number of amides is 2. The zero-order chi connectivity index (χ0) is 15.1. The highest BCUT2D eigenvalue weighted by Gasteiger charge is 2.43. The molecule has 0 saturated heterocycles. The minimum absolute atomic E-state index is 0.223. The summed E-state index contributed by atoms with van der Waals surface area (Å²) in [7, 11) is 0. The average Bonchev–Trinajstić information content (AvgIpc) is 3.30. The maximum absolute atomic E-state index is 12.2. The summed E-state index contributed by atoms with van der Waals surface area (Å²) in [6.07, 6.45) is 9.84. The molecule has 0 radical (unpaired) electrons. The number of carbonyl (C=O) groups is 2. The van der Waals surface area contributed by atoms with Gasteiger partial charge in [0, 0.05) is 24.9 Å². The molecule has 0 unspecified atom stereocenters. The van der Waals surface area contributed by atoms with Crippen molar-refractivity contribution < 1.29 is 9.59 Å². The van der Waals surface area contributed by atoms with E-state index in [9.17, 15) is 9.59 Å². The van der Waals surface area contributed by atoms with Crippen molar-refractivity contribution in [3.8, 4) is 0 Å². The lowest BCUT2D eigenvalue weighted by molar-refractivity contribution is -0.128. The molecule has 4 fully saturated rings. The van der Waals surface area contributed by atoms with Gasteiger partial charge < -0.3 is 10.6 Å². The molecule has 2 N–H and O–H groups in total. The minimum atomic E-state index is 0.223. The van der Waals surface area contributed by atoms with Gasteiger partial charge in [-0.1, -0.05) is 12.8 Å². The van der Waals surface area contributed by atoms with Gasteiger partial charge in [-0.3, -0.25) is 9.59 Å². The Morgan fingerprint density at radius 3 is 1.45 bits per heavy atom. The van der Waals surface area contributed by atoms with E-state index < -0.39 is 0 Å². The predicted molar refractivity (Wildman–Crippen MR) is 83.9 cm³/mol. The number of fused-ring (bicyclic) bond motifs is 4. The molecular formula is C18H28N2O2. The van der Waals surface area contributed by atoms with Crippen LogP contribution in [0.15, 0.2) is 0 Å². The highest BCUT2D eigenvalue weighted by Crippen LogP contribution is 2.49. The molecule has 4 aliphatic carbocycles. The van der Waals surface area contributed by atoms with E-state index in [4.69, 9.17) is 0 Å².